The molecule has 3 nitrogen and oxygen atoms in total. The molecule has 1 aliphatic carbocycles. The molecular weight excluding hydrogens is 319 g/mol. The van der Waals surface area contributed by atoms with Gasteiger partial charge in [0.1, 0.15) is 0 Å². The van der Waals surface area contributed by atoms with E-state index in [0.717, 1.165) is 19.3 Å². The fraction of sp³-hybridized carbons (Fsp3) is 0.950. The lowest BCUT2D eigenvalue weighted by molar-refractivity contribution is -0.255. The summed E-state index contributed by atoms with van der Waals surface area (Å²) in [7, 11) is 2.65. The van der Waals surface area contributed by atoms with E-state index in [-0.39, 0.29) is 28.6 Å². The summed E-state index contributed by atoms with van der Waals surface area (Å²) in [5.41, 5.74) is -0.0699. The average Bonchev–Trinajstić information content (AvgIpc) is 2.34. The highest BCUT2D eigenvalue weighted by molar-refractivity contribution is 7.19. The number of carbonyl (C=O) groups excluding carboxylic acids is 1. The van der Waals surface area contributed by atoms with Gasteiger partial charge in [-0.1, -0.05) is 60.8 Å². The summed E-state index contributed by atoms with van der Waals surface area (Å²) in [5.74, 6) is -1.01. The number of esters is 1. The minimum atomic E-state index is -0.843. The Morgan fingerprint density at radius 2 is 1.54 bits per heavy atom. The van der Waals surface area contributed by atoms with Crippen LogP contribution in [0.4, 0.5) is 0 Å². The van der Waals surface area contributed by atoms with Crippen molar-refractivity contribution in [3.05, 3.63) is 0 Å². The third-order valence-corrected chi connectivity index (χ3v) is 4.78. The smallest absolute Gasteiger partial charge is 0.315 e. The van der Waals surface area contributed by atoms with Crippen LogP contribution in [-0.2, 0) is 14.3 Å². The normalized spacial score (nSPS) is 21.2. The standard InChI is InChI=1S/C20H39O3P/c1-18(2,3)13-16(24)17(21)23-20(7,14-19(4,5)6)22-15-11-9-8-10-12-15/h15-16H,8-14,24H2,1-7H3. The molecule has 0 aromatic rings. The predicted octanol–water partition coefficient (Wildman–Crippen LogP) is 5.71. The van der Waals surface area contributed by atoms with E-state index in [4.69, 9.17) is 9.47 Å². The van der Waals surface area contributed by atoms with Gasteiger partial charge in [-0.05, 0) is 30.1 Å². The molecule has 0 saturated heterocycles. The monoisotopic (exact) mass is 358 g/mol. The molecule has 0 aromatic carbocycles. The van der Waals surface area contributed by atoms with Crippen LogP contribution in [0.3, 0.4) is 0 Å². The first-order valence-corrected chi connectivity index (χ1v) is 10.1. The molecule has 1 aliphatic rings. The van der Waals surface area contributed by atoms with Crippen LogP contribution >= 0.6 is 9.24 Å². The number of carbonyl (C=O) groups is 1. The Kier molecular flexibility index (Phi) is 7.75. The van der Waals surface area contributed by atoms with Crippen LogP contribution in [0.1, 0.15) is 93.4 Å². The first kappa shape index (κ1) is 21.9. The summed E-state index contributed by atoms with van der Waals surface area (Å²) in [6, 6.07) is 0. The van der Waals surface area contributed by atoms with Gasteiger partial charge < -0.3 is 9.47 Å². The van der Waals surface area contributed by atoms with Crippen LogP contribution in [0.2, 0.25) is 0 Å². The number of rotatable bonds is 6. The van der Waals surface area contributed by atoms with Crippen LogP contribution in [0.15, 0.2) is 0 Å². The van der Waals surface area contributed by atoms with Gasteiger partial charge in [0, 0.05) is 13.3 Å². The molecule has 0 spiro atoms. The maximum atomic E-state index is 12.6. The Morgan fingerprint density at radius 3 is 2.00 bits per heavy atom. The summed E-state index contributed by atoms with van der Waals surface area (Å²) < 4.78 is 12.3. The lowest BCUT2D eigenvalue weighted by Gasteiger charge is -2.39. The molecule has 3 unspecified atom stereocenters. The minimum Gasteiger partial charge on any atom is -0.433 e. The highest BCUT2D eigenvalue weighted by atomic mass is 31.0. The van der Waals surface area contributed by atoms with E-state index < -0.39 is 5.79 Å². The van der Waals surface area contributed by atoms with Gasteiger partial charge in [0.15, 0.2) is 0 Å². The predicted molar refractivity (Wildman–Crippen MR) is 104 cm³/mol. The van der Waals surface area contributed by atoms with E-state index in [1.54, 1.807) is 0 Å². The molecule has 0 N–H and O–H groups in total. The van der Waals surface area contributed by atoms with Crippen LogP contribution in [0.5, 0.6) is 0 Å². The topological polar surface area (TPSA) is 35.5 Å². The quantitative estimate of drug-likeness (QED) is 0.346. The van der Waals surface area contributed by atoms with Crippen molar-refractivity contribution in [3.8, 4) is 0 Å². The summed E-state index contributed by atoms with van der Waals surface area (Å²) >= 11 is 0. The Bertz CT molecular complexity index is 402. The third kappa shape index (κ3) is 8.81. The fourth-order valence-electron chi connectivity index (χ4n) is 3.63. The van der Waals surface area contributed by atoms with E-state index in [2.05, 4.69) is 50.8 Å². The number of hydrogen-bond donors (Lipinski definition) is 0. The molecule has 0 amide bonds. The van der Waals surface area contributed by atoms with E-state index in [1.165, 1.54) is 19.3 Å². The van der Waals surface area contributed by atoms with Crippen LogP contribution in [0, 0.1) is 10.8 Å². The zero-order valence-electron chi connectivity index (χ0n) is 16.9. The molecule has 0 aliphatic heterocycles. The van der Waals surface area contributed by atoms with E-state index in [0.29, 0.717) is 6.42 Å². The third-order valence-electron chi connectivity index (χ3n) is 4.27. The van der Waals surface area contributed by atoms with Gasteiger partial charge in [-0.15, -0.1) is 9.24 Å². The zero-order valence-corrected chi connectivity index (χ0v) is 18.1. The maximum Gasteiger partial charge on any atom is 0.315 e. The lowest BCUT2D eigenvalue weighted by atomic mass is 9.87. The van der Waals surface area contributed by atoms with Crippen molar-refractivity contribution in [1.29, 1.82) is 0 Å². The highest BCUT2D eigenvalue weighted by Gasteiger charge is 2.39. The lowest BCUT2D eigenvalue weighted by Crippen LogP contribution is -2.44. The van der Waals surface area contributed by atoms with Gasteiger partial charge in [-0.2, -0.15) is 0 Å². The molecule has 0 bridgehead atoms. The van der Waals surface area contributed by atoms with Gasteiger partial charge in [0.25, 0.3) is 0 Å². The molecule has 0 aromatic heterocycles. The molecule has 0 radical (unpaired) electrons. The van der Waals surface area contributed by atoms with Crippen molar-refractivity contribution in [2.24, 2.45) is 10.8 Å². The van der Waals surface area contributed by atoms with Gasteiger partial charge in [-0.3, -0.25) is 4.79 Å². The van der Waals surface area contributed by atoms with Crippen molar-refractivity contribution >= 4 is 15.2 Å². The van der Waals surface area contributed by atoms with E-state index in [9.17, 15) is 4.79 Å². The minimum absolute atomic E-state index is 0.0319. The second kappa shape index (κ2) is 8.49. The van der Waals surface area contributed by atoms with Crippen molar-refractivity contribution in [1.82, 2.24) is 0 Å². The van der Waals surface area contributed by atoms with Gasteiger partial charge in [0.2, 0.25) is 5.79 Å². The van der Waals surface area contributed by atoms with Crippen LogP contribution in [0.25, 0.3) is 0 Å². The second-order valence-electron chi connectivity index (χ2n) is 10.0. The molecule has 1 fully saturated rings. The summed E-state index contributed by atoms with van der Waals surface area (Å²) in [4.78, 5) is 12.6. The van der Waals surface area contributed by atoms with Crippen molar-refractivity contribution < 1.29 is 14.3 Å². The van der Waals surface area contributed by atoms with E-state index in [1.807, 2.05) is 6.92 Å². The first-order valence-electron chi connectivity index (χ1n) is 9.46. The first-order chi connectivity index (χ1) is 10.8. The Hall–Kier alpha value is -0.140. The molecule has 1 rings (SSSR count). The Morgan fingerprint density at radius 1 is 1.00 bits per heavy atom. The average molecular weight is 359 g/mol. The van der Waals surface area contributed by atoms with Gasteiger partial charge >= 0.3 is 5.97 Å². The van der Waals surface area contributed by atoms with Crippen LogP contribution in [-0.4, -0.2) is 23.5 Å². The van der Waals surface area contributed by atoms with Crippen molar-refractivity contribution in [3.63, 3.8) is 0 Å². The van der Waals surface area contributed by atoms with Crippen molar-refractivity contribution in [2.45, 2.75) is 111 Å². The second-order valence-corrected chi connectivity index (χ2v) is 10.8. The van der Waals surface area contributed by atoms with E-state index >= 15 is 0 Å². The van der Waals surface area contributed by atoms with Crippen molar-refractivity contribution in [2.75, 3.05) is 0 Å². The summed E-state index contributed by atoms with van der Waals surface area (Å²) in [5, 5.41) is 0. The summed E-state index contributed by atoms with van der Waals surface area (Å²) in [6.45, 7) is 14.9. The zero-order chi connectivity index (χ0) is 18.6. The number of hydrogen-bond acceptors (Lipinski definition) is 3. The number of ether oxygens (including phenoxy) is 2. The molecule has 142 valence electrons. The maximum absolute atomic E-state index is 12.6. The SMILES string of the molecule is CC(C)(C)CC(P)C(=O)OC(C)(CC(C)(C)C)OC1CCCCC1. The molecule has 24 heavy (non-hydrogen) atoms. The Balaban J connectivity index is 2.78. The largest absolute Gasteiger partial charge is 0.433 e. The molecule has 3 atom stereocenters. The van der Waals surface area contributed by atoms with Crippen LogP contribution < -0.4 is 0 Å². The summed E-state index contributed by atoms with van der Waals surface area (Å²) in [6.07, 6.45) is 7.55. The Labute approximate surface area is 151 Å². The van der Waals surface area contributed by atoms with Gasteiger partial charge in [0.05, 0.1) is 11.8 Å². The fourth-order valence-corrected chi connectivity index (χ4v) is 4.41. The molecular formula is C20H39O3P. The molecule has 0 heterocycles. The highest BCUT2D eigenvalue weighted by Crippen LogP contribution is 2.36. The molecule has 4 heteroatoms. The van der Waals surface area contributed by atoms with Gasteiger partial charge in [-0.25, -0.2) is 0 Å². The molecule has 1 saturated carbocycles.